The molecule has 0 radical (unpaired) electrons. The molecule has 0 aliphatic carbocycles. The molecule has 2 aromatic rings. The normalized spacial score (nSPS) is 11.8. The molecule has 6 nitrogen and oxygen atoms in total. The van der Waals surface area contributed by atoms with Crippen LogP contribution in [0.3, 0.4) is 0 Å². The predicted octanol–water partition coefficient (Wildman–Crippen LogP) is 1.36. The fourth-order valence-corrected chi connectivity index (χ4v) is 1.92. The van der Waals surface area contributed by atoms with Crippen molar-refractivity contribution in [3.63, 3.8) is 0 Å². The van der Waals surface area contributed by atoms with Crippen molar-refractivity contribution in [1.82, 2.24) is 10.3 Å². The number of aliphatic hydroxyl groups excluding tert-OH is 1. The smallest absolute Gasteiger partial charge is 0.335 e. The second-order valence-corrected chi connectivity index (χ2v) is 4.47. The maximum atomic E-state index is 13.7. The molecule has 1 atom stereocenters. The van der Waals surface area contributed by atoms with Gasteiger partial charge in [-0.2, -0.15) is 0 Å². The second-order valence-electron chi connectivity index (χ2n) is 4.47. The highest BCUT2D eigenvalue weighted by atomic mass is 19.1. The highest BCUT2D eigenvalue weighted by molar-refractivity contribution is 5.95. The third-order valence-corrected chi connectivity index (χ3v) is 3.03. The van der Waals surface area contributed by atoms with Crippen molar-refractivity contribution in [1.29, 1.82) is 0 Å². The van der Waals surface area contributed by atoms with E-state index >= 15 is 0 Å². The van der Waals surface area contributed by atoms with Crippen LogP contribution < -0.4 is 5.32 Å². The van der Waals surface area contributed by atoms with Gasteiger partial charge in [0.1, 0.15) is 17.6 Å². The van der Waals surface area contributed by atoms with Gasteiger partial charge in [0.05, 0.1) is 11.3 Å². The minimum atomic E-state index is -1.48. The number of carboxylic acids is 1. The standard InChI is InChI=1S/C15H13FN2O4/c1-17-14(20)12-7-8(15(21)22)6-11(18-12)13(19)9-4-2-3-5-10(9)16/h2-7,13,19H,1H3,(H,17,20)(H,21,22). The fraction of sp³-hybridized carbons (Fsp3) is 0.133. The maximum absolute atomic E-state index is 13.7. The molecular formula is C15H13FN2O4. The van der Waals surface area contributed by atoms with E-state index in [0.717, 1.165) is 12.1 Å². The van der Waals surface area contributed by atoms with Crippen LogP contribution >= 0.6 is 0 Å². The summed E-state index contributed by atoms with van der Waals surface area (Å²) in [6.07, 6.45) is -1.48. The topological polar surface area (TPSA) is 99.5 Å². The first-order valence-corrected chi connectivity index (χ1v) is 6.34. The van der Waals surface area contributed by atoms with Gasteiger partial charge in [0.2, 0.25) is 0 Å². The molecule has 1 aromatic heterocycles. The van der Waals surface area contributed by atoms with E-state index < -0.39 is 23.8 Å². The molecule has 22 heavy (non-hydrogen) atoms. The minimum Gasteiger partial charge on any atom is -0.478 e. The van der Waals surface area contributed by atoms with Crippen LogP contribution in [0.1, 0.15) is 38.2 Å². The van der Waals surface area contributed by atoms with Gasteiger partial charge >= 0.3 is 5.97 Å². The number of aromatic carboxylic acids is 1. The molecule has 0 aliphatic rings. The van der Waals surface area contributed by atoms with Crippen LogP contribution in [0.2, 0.25) is 0 Å². The Morgan fingerprint density at radius 3 is 2.55 bits per heavy atom. The molecule has 0 aliphatic heterocycles. The summed E-state index contributed by atoms with van der Waals surface area (Å²) in [6.45, 7) is 0. The molecule has 3 N–H and O–H groups in total. The Kier molecular flexibility index (Phi) is 4.47. The first kappa shape index (κ1) is 15.6. The zero-order valence-corrected chi connectivity index (χ0v) is 11.6. The zero-order valence-electron chi connectivity index (χ0n) is 11.6. The Labute approximate surface area is 125 Å². The highest BCUT2D eigenvalue weighted by Gasteiger charge is 2.20. The van der Waals surface area contributed by atoms with Crippen LogP contribution in [-0.4, -0.2) is 34.1 Å². The summed E-state index contributed by atoms with van der Waals surface area (Å²) in [4.78, 5) is 26.7. The van der Waals surface area contributed by atoms with E-state index in [4.69, 9.17) is 5.11 Å². The average Bonchev–Trinajstić information content (AvgIpc) is 2.53. The molecule has 0 saturated heterocycles. The molecular weight excluding hydrogens is 291 g/mol. The van der Waals surface area contributed by atoms with Gasteiger partial charge in [-0.15, -0.1) is 0 Å². The van der Waals surface area contributed by atoms with Crippen LogP contribution in [-0.2, 0) is 0 Å². The monoisotopic (exact) mass is 304 g/mol. The van der Waals surface area contributed by atoms with Crippen molar-refractivity contribution in [2.75, 3.05) is 7.05 Å². The molecule has 1 amide bonds. The number of aliphatic hydroxyl groups is 1. The lowest BCUT2D eigenvalue weighted by molar-refractivity contribution is 0.0696. The van der Waals surface area contributed by atoms with Gasteiger partial charge < -0.3 is 15.5 Å². The highest BCUT2D eigenvalue weighted by Crippen LogP contribution is 2.24. The summed E-state index contributed by atoms with van der Waals surface area (Å²) in [7, 11) is 1.37. The number of carboxylic acid groups (broad SMARTS) is 1. The Morgan fingerprint density at radius 1 is 1.27 bits per heavy atom. The summed E-state index contributed by atoms with van der Waals surface area (Å²) in [5.41, 5.74) is -0.573. The van der Waals surface area contributed by atoms with Gasteiger partial charge in [-0.05, 0) is 18.2 Å². The SMILES string of the molecule is CNC(=O)c1cc(C(=O)O)cc(C(O)c2ccccc2F)n1. The largest absolute Gasteiger partial charge is 0.478 e. The van der Waals surface area contributed by atoms with E-state index in [1.807, 2.05) is 0 Å². The van der Waals surface area contributed by atoms with Crippen LogP contribution in [0.25, 0.3) is 0 Å². The maximum Gasteiger partial charge on any atom is 0.335 e. The number of hydrogen-bond donors (Lipinski definition) is 3. The third kappa shape index (κ3) is 3.09. The van der Waals surface area contributed by atoms with Gasteiger partial charge in [0, 0.05) is 12.6 Å². The van der Waals surface area contributed by atoms with E-state index in [1.165, 1.54) is 31.3 Å². The quantitative estimate of drug-likeness (QED) is 0.792. The number of rotatable bonds is 4. The third-order valence-electron chi connectivity index (χ3n) is 3.03. The molecule has 0 spiro atoms. The van der Waals surface area contributed by atoms with Gasteiger partial charge in [-0.1, -0.05) is 18.2 Å². The molecule has 0 fully saturated rings. The zero-order chi connectivity index (χ0) is 16.3. The molecule has 114 valence electrons. The predicted molar refractivity (Wildman–Crippen MR) is 75.0 cm³/mol. The van der Waals surface area contributed by atoms with Crippen molar-refractivity contribution >= 4 is 11.9 Å². The number of carbonyl (C=O) groups excluding carboxylic acids is 1. The van der Waals surface area contributed by atoms with Crippen molar-refractivity contribution in [3.05, 3.63) is 64.7 Å². The number of benzene rings is 1. The van der Waals surface area contributed by atoms with Crippen molar-refractivity contribution in [2.24, 2.45) is 0 Å². The summed E-state index contributed by atoms with van der Waals surface area (Å²) < 4.78 is 13.7. The average molecular weight is 304 g/mol. The molecule has 0 bridgehead atoms. The number of halogens is 1. The molecule has 7 heteroatoms. The summed E-state index contributed by atoms with van der Waals surface area (Å²) in [5, 5.41) is 21.6. The van der Waals surface area contributed by atoms with E-state index in [1.54, 1.807) is 0 Å². The van der Waals surface area contributed by atoms with Gasteiger partial charge in [-0.3, -0.25) is 4.79 Å². The Bertz CT molecular complexity index is 733. The number of pyridine rings is 1. The van der Waals surface area contributed by atoms with Crippen LogP contribution in [0.5, 0.6) is 0 Å². The summed E-state index contributed by atoms with van der Waals surface area (Å²) in [6, 6.07) is 7.70. The first-order chi connectivity index (χ1) is 10.4. The Hall–Kier alpha value is -2.80. The lowest BCUT2D eigenvalue weighted by atomic mass is 10.0. The molecule has 1 aromatic carbocycles. The van der Waals surface area contributed by atoms with Crippen LogP contribution in [0, 0.1) is 5.82 Å². The first-order valence-electron chi connectivity index (χ1n) is 6.34. The second kappa shape index (κ2) is 6.31. The molecule has 1 heterocycles. The Morgan fingerprint density at radius 2 is 1.95 bits per heavy atom. The van der Waals surface area contributed by atoms with E-state index in [9.17, 15) is 19.1 Å². The molecule has 0 saturated carbocycles. The molecule has 1 unspecified atom stereocenters. The van der Waals surface area contributed by atoms with E-state index in [2.05, 4.69) is 10.3 Å². The number of nitrogens with one attached hydrogen (secondary N) is 1. The van der Waals surface area contributed by atoms with Crippen LogP contribution in [0.4, 0.5) is 4.39 Å². The summed E-state index contributed by atoms with van der Waals surface area (Å²) in [5.74, 6) is -2.54. The molecule has 2 rings (SSSR count). The number of carbonyl (C=O) groups is 2. The van der Waals surface area contributed by atoms with Gasteiger partial charge in [0.15, 0.2) is 0 Å². The van der Waals surface area contributed by atoms with Gasteiger partial charge in [0.25, 0.3) is 5.91 Å². The fourth-order valence-electron chi connectivity index (χ4n) is 1.92. The van der Waals surface area contributed by atoms with E-state index in [0.29, 0.717) is 0 Å². The van der Waals surface area contributed by atoms with Crippen molar-refractivity contribution < 1.29 is 24.2 Å². The van der Waals surface area contributed by atoms with E-state index in [-0.39, 0.29) is 22.5 Å². The lowest BCUT2D eigenvalue weighted by Gasteiger charge is -2.13. The minimum absolute atomic E-state index is 0.0552. The number of aromatic nitrogens is 1. The van der Waals surface area contributed by atoms with Crippen LogP contribution in [0.15, 0.2) is 36.4 Å². The van der Waals surface area contributed by atoms with Crippen molar-refractivity contribution in [3.8, 4) is 0 Å². The number of hydrogen-bond acceptors (Lipinski definition) is 4. The Balaban J connectivity index is 2.54. The number of amides is 1. The summed E-state index contributed by atoms with van der Waals surface area (Å²) >= 11 is 0. The lowest BCUT2D eigenvalue weighted by Crippen LogP contribution is -2.21. The number of nitrogens with zero attached hydrogens (tertiary/aromatic N) is 1. The van der Waals surface area contributed by atoms with Gasteiger partial charge in [-0.25, -0.2) is 14.2 Å². The van der Waals surface area contributed by atoms with Crippen molar-refractivity contribution in [2.45, 2.75) is 6.10 Å².